The van der Waals surface area contributed by atoms with Crippen molar-refractivity contribution in [3.05, 3.63) is 24.3 Å². The van der Waals surface area contributed by atoms with Gasteiger partial charge in [0.05, 0.1) is 12.8 Å². The van der Waals surface area contributed by atoms with E-state index in [0.29, 0.717) is 18.0 Å². The Labute approximate surface area is 140 Å². The third kappa shape index (κ3) is 3.76. The monoisotopic (exact) mass is 334 g/mol. The smallest absolute Gasteiger partial charge is 0.333 e. The normalized spacial score (nSPS) is 15.1. The van der Waals surface area contributed by atoms with Crippen LogP contribution in [0.5, 0.6) is 5.75 Å². The Hall–Kier alpha value is -2.77. The summed E-state index contributed by atoms with van der Waals surface area (Å²) < 4.78 is 5.06. The zero-order chi connectivity index (χ0) is 17.9. The number of carbonyl (C=O) groups is 3. The first-order chi connectivity index (χ1) is 11.3. The number of benzene rings is 1. The van der Waals surface area contributed by atoms with Gasteiger partial charge in [0.2, 0.25) is 5.91 Å². The number of urea groups is 2. The fraction of sp³-hybridized carbons (Fsp3) is 0.438. The summed E-state index contributed by atoms with van der Waals surface area (Å²) in [5.41, 5.74) is 0.405. The summed E-state index contributed by atoms with van der Waals surface area (Å²) in [6, 6.07) is 5.34. The topological polar surface area (TPSA) is 91.0 Å². The van der Waals surface area contributed by atoms with Crippen molar-refractivity contribution < 1.29 is 19.1 Å². The molecule has 0 aliphatic carbocycles. The quantitative estimate of drug-likeness (QED) is 0.858. The number of rotatable bonds is 5. The van der Waals surface area contributed by atoms with Crippen molar-refractivity contribution in [2.75, 3.05) is 18.6 Å². The van der Waals surface area contributed by atoms with Gasteiger partial charge in [-0.1, -0.05) is 13.8 Å². The Balaban J connectivity index is 2.17. The number of amides is 5. The first-order valence-corrected chi connectivity index (χ1v) is 7.66. The molecule has 8 heteroatoms. The van der Waals surface area contributed by atoms with E-state index in [2.05, 4.69) is 10.6 Å². The molecule has 0 unspecified atom stereocenters. The zero-order valence-electron chi connectivity index (χ0n) is 14.2. The summed E-state index contributed by atoms with van der Waals surface area (Å²) in [6.45, 7) is 5.72. The lowest BCUT2D eigenvalue weighted by Gasteiger charge is -2.38. The van der Waals surface area contributed by atoms with Crippen LogP contribution in [0.3, 0.4) is 0 Å². The average molecular weight is 334 g/mol. The summed E-state index contributed by atoms with van der Waals surface area (Å²) in [7, 11) is 1.53. The molecule has 1 aliphatic rings. The summed E-state index contributed by atoms with van der Waals surface area (Å²) >= 11 is 0. The van der Waals surface area contributed by atoms with Crippen LogP contribution in [0.2, 0.25) is 0 Å². The van der Waals surface area contributed by atoms with Gasteiger partial charge in [-0.25, -0.2) is 14.5 Å². The van der Waals surface area contributed by atoms with Crippen molar-refractivity contribution in [3.8, 4) is 5.75 Å². The van der Waals surface area contributed by atoms with Crippen molar-refractivity contribution in [3.63, 3.8) is 0 Å². The minimum atomic E-state index is -0.862. The number of nitrogens with one attached hydrogen (secondary N) is 2. The number of methoxy groups -OCH3 is 1. The molecule has 1 aromatic rings. The molecule has 0 atom stereocenters. The van der Waals surface area contributed by atoms with E-state index in [0.717, 1.165) is 4.90 Å². The van der Waals surface area contributed by atoms with Gasteiger partial charge in [0.1, 0.15) is 5.75 Å². The lowest BCUT2D eigenvalue weighted by atomic mass is 10.2. The highest BCUT2D eigenvalue weighted by Crippen LogP contribution is 2.21. The van der Waals surface area contributed by atoms with E-state index in [-0.39, 0.29) is 11.8 Å². The number of nitrogens with zero attached hydrogens (tertiary/aromatic N) is 2. The molecule has 1 saturated heterocycles. The van der Waals surface area contributed by atoms with Crippen molar-refractivity contribution >= 4 is 23.7 Å². The molecular formula is C16H22N4O4. The van der Waals surface area contributed by atoms with E-state index in [9.17, 15) is 14.4 Å². The SMILES string of the molecule is COc1ccc(N2C(=O)NC(N(CC(C)C)C(C)=O)NC2=O)cc1. The molecule has 2 rings (SSSR count). The Bertz CT molecular complexity index is 611. The molecule has 0 radical (unpaired) electrons. The third-order valence-electron chi connectivity index (χ3n) is 3.54. The number of hydrogen-bond donors (Lipinski definition) is 2. The van der Waals surface area contributed by atoms with E-state index < -0.39 is 18.4 Å². The largest absolute Gasteiger partial charge is 0.497 e. The van der Waals surface area contributed by atoms with E-state index in [1.807, 2.05) is 13.8 Å². The summed E-state index contributed by atoms with van der Waals surface area (Å²) in [6.07, 6.45) is -0.862. The van der Waals surface area contributed by atoms with Crippen molar-refractivity contribution in [1.82, 2.24) is 15.5 Å². The average Bonchev–Trinajstić information content (AvgIpc) is 2.52. The lowest BCUT2D eigenvalue weighted by molar-refractivity contribution is -0.132. The number of imide groups is 1. The Kier molecular flexibility index (Phi) is 5.28. The summed E-state index contributed by atoms with van der Waals surface area (Å²) in [5.74, 6) is 0.587. The molecule has 0 spiro atoms. The fourth-order valence-corrected chi connectivity index (χ4v) is 2.42. The van der Waals surface area contributed by atoms with Gasteiger partial charge in [-0.3, -0.25) is 15.4 Å². The Morgan fingerprint density at radius 2 is 1.75 bits per heavy atom. The van der Waals surface area contributed by atoms with Crippen LogP contribution >= 0.6 is 0 Å². The highest BCUT2D eigenvalue weighted by atomic mass is 16.5. The molecule has 5 amide bonds. The summed E-state index contributed by atoms with van der Waals surface area (Å²) in [4.78, 5) is 38.9. The fourth-order valence-electron chi connectivity index (χ4n) is 2.42. The maximum atomic E-state index is 12.4. The van der Waals surface area contributed by atoms with E-state index in [4.69, 9.17) is 4.74 Å². The van der Waals surface area contributed by atoms with Gasteiger partial charge in [0, 0.05) is 13.5 Å². The second-order valence-corrected chi connectivity index (χ2v) is 5.90. The van der Waals surface area contributed by atoms with Gasteiger partial charge in [0.25, 0.3) is 0 Å². The zero-order valence-corrected chi connectivity index (χ0v) is 14.2. The standard InChI is InChI=1S/C16H22N4O4/c1-10(2)9-19(11(3)21)14-17-15(22)20(16(23)18-14)12-5-7-13(24-4)8-6-12/h5-8,10,14H,9H2,1-4H3,(H,17,22)(H,18,23). The Morgan fingerprint density at radius 3 is 2.17 bits per heavy atom. The van der Waals surface area contributed by atoms with Gasteiger partial charge in [-0.2, -0.15) is 0 Å². The van der Waals surface area contributed by atoms with Crippen LogP contribution < -0.4 is 20.3 Å². The maximum Gasteiger partial charge on any atom is 0.333 e. The van der Waals surface area contributed by atoms with Crippen LogP contribution in [0.1, 0.15) is 20.8 Å². The first kappa shape index (κ1) is 17.6. The predicted octanol–water partition coefficient (Wildman–Crippen LogP) is 1.72. The van der Waals surface area contributed by atoms with Crippen LogP contribution in [0.25, 0.3) is 0 Å². The van der Waals surface area contributed by atoms with Gasteiger partial charge in [0.15, 0.2) is 6.29 Å². The van der Waals surface area contributed by atoms with Crippen LogP contribution in [0.4, 0.5) is 15.3 Å². The lowest BCUT2D eigenvalue weighted by Crippen LogP contribution is -2.69. The highest BCUT2D eigenvalue weighted by Gasteiger charge is 2.36. The second-order valence-electron chi connectivity index (χ2n) is 5.90. The molecule has 8 nitrogen and oxygen atoms in total. The molecule has 0 bridgehead atoms. The molecule has 0 saturated carbocycles. The molecule has 1 fully saturated rings. The second kappa shape index (κ2) is 7.20. The minimum Gasteiger partial charge on any atom is -0.497 e. The van der Waals surface area contributed by atoms with Crippen LogP contribution in [0, 0.1) is 5.92 Å². The molecule has 0 aromatic heterocycles. The van der Waals surface area contributed by atoms with Gasteiger partial charge in [-0.05, 0) is 30.2 Å². The highest BCUT2D eigenvalue weighted by molar-refractivity contribution is 6.15. The first-order valence-electron chi connectivity index (χ1n) is 7.66. The number of hydrogen-bond acceptors (Lipinski definition) is 4. The molecule has 1 heterocycles. The molecule has 2 N–H and O–H groups in total. The molecule has 1 aromatic carbocycles. The van der Waals surface area contributed by atoms with E-state index in [1.54, 1.807) is 24.3 Å². The van der Waals surface area contributed by atoms with Crippen molar-refractivity contribution in [1.29, 1.82) is 0 Å². The van der Waals surface area contributed by atoms with Crippen LogP contribution in [-0.4, -0.2) is 42.8 Å². The summed E-state index contributed by atoms with van der Waals surface area (Å²) in [5, 5.41) is 5.28. The molecule has 24 heavy (non-hydrogen) atoms. The van der Waals surface area contributed by atoms with E-state index >= 15 is 0 Å². The van der Waals surface area contributed by atoms with Crippen molar-refractivity contribution in [2.24, 2.45) is 5.92 Å². The minimum absolute atomic E-state index is 0.197. The number of anilines is 1. The van der Waals surface area contributed by atoms with Crippen molar-refractivity contribution in [2.45, 2.75) is 27.1 Å². The molecule has 1 aliphatic heterocycles. The maximum absolute atomic E-state index is 12.4. The number of carbonyl (C=O) groups excluding carboxylic acids is 3. The van der Waals surface area contributed by atoms with Crippen LogP contribution in [-0.2, 0) is 4.79 Å². The van der Waals surface area contributed by atoms with Gasteiger partial charge >= 0.3 is 12.1 Å². The van der Waals surface area contributed by atoms with E-state index in [1.165, 1.54) is 18.9 Å². The van der Waals surface area contributed by atoms with Gasteiger partial charge in [-0.15, -0.1) is 0 Å². The molecular weight excluding hydrogens is 312 g/mol. The third-order valence-corrected chi connectivity index (χ3v) is 3.54. The predicted molar refractivity (Wildman–Crippen MR) is 88.5 cm³/mol. The number of ether oxygens (including phenoxy) is 1. The van der Waals surface area contributed by atoms with Gasteiger partial charge < -0.3 is 9.64 Å². The molecule has 130 valence electrons. The Morgan fingerprint density at radius 1 is 1.21 bits per heavy atom. The van der Waals surface area contributed by atoms with Crippen LogP contribution in [0.15, 0.2) is 24.3 Å².